The van der Waals surface area contributed by atoms with Crippen LogP contribution in [0.3, 0.4) is 0 Å². The predicted octanol–water partition coefficient (Wildman–Crippen LogP) is 4.13. The standard InChI is InChI=1S/C16H13F4NO2S/c17-12-3-7-14(8-4-12)24-10-15(22)21-9-11-1-5-13(6-2-11)23-16(18,19)20/h1-8H,9-10H2,(H,21,22). The van der Waals surface area contributed by atoms with Gasteiger partial charge in [-0.25, -0.2) is 4.39 Å². The predicted molar refractivity (Wildman–Crippen MR) is 82.1 cm³/mol. The molecule has 3 nitrogen and oxygen atoms in total. The molecule has 2 rings (SSSR count). The van der Waals surface area contributed by atoms with Crippen LogP contribution in [-0.2, 0) is 11.3 Å². The summed E-state index contributed by atoms with van der Waals surface area (Å²) >= 11 is 1.26. The Kier molecular flexibility index (Phi) is 6.08. The summed E-state index contributed by atoms with van der Waals surface area (Å²) in [5.74, 6) is -0.743. The zero-order chi connectivity index (χ0) is 17.6. The van der Waals surface area contributed by atoms with E-state index in [1.807, 2.05) is 0 Å². The molecule has 0 aliphatic carbocycles. The minimum absolute atomic E-state index is 0.154. The monoisotopic (exact) mass is 359 g/mol. The fourth-order valence-corrected chi connectivity index (χ4v) is 2.47. The Morgan fingerprint density at radius 3 is 2.25 bits per heavy atom. The van der Waals surface area contributed by atoms with Gasteiger partial charge in [0.05, 0.1) is 5.75 Å². The van der Waals surface area contributed by atoms with Crippen molar-refractivity contribution in [2.24, 2.45) is 0 Å². The van der Waals surface area contributed by atoms with Crippen LogP contribution in [-0.4, -0.2) is 18.0 Å². The lowest BCUT2D eigenvalue weighted by Gasteiger charge is -2.09. The van der Waals surface area contributed by atoms with Crippen LogP contribution >= 0.6 is 11.8 Å². The van der Waals surface area contributed by atoms with Crippen molar-refractivity contribution in [3.8, 4) is 5.75 Å². The number of halogens is 4. The van der Waals surface area contributed by atoms with Crippen molar-refractivity contribution in [2.45, 2.75) is 17.8 Å². The summed E-state index contributed by atoms with van der Waals surface area (Å²) in [5, 5.41) is 2.65. The van der Waals surface area contributed by atoms with Crippen molar-refractivity contribution in [2.75, 3.05) is 5.75 Å². The molecule has 0 radical (unpaired) electrons. The lowest BCUT2D eigenvalue weighted by molar-refractivity contribution is -0.274. The second kappa shape index (κ2) is 8.05. The summed E-state index contributed by atoms with van der Waals surface area (Å²) < 4.78 is 52.6. The van der Waals surface area contributed by atoms with E-state index in [0.29, 0.717) is 5.56 Å². The van der Waals surface area contributed by atoms with E-state index < -0.39 is 6.36 Å². The fourth-order valence-electron chi connectivity index (χ4n) is 1.74. The van der Waals surface area contributed by atoms with Crippen molar-refractivity contribution in [1.82, 2.24) is 5.32 Å². The van der Waals surface area contributed by atoms with Gasteiger partial charge < -0.3 is 10.1 Å². The van der Waals surface area contributed by atoms with Crippen molar-refractivity contribution in [1.29, 1.82) is 0 Å². The highest BCUT2D eigenvalue weighted by Crippen LogP contribution is 2.22. The minimum Gasteiger partial charge on any atom is -0.406 e. The van der Waals surface area contributed by atoms with Gasteiger partial charge in [0.25, 0.3) is 0 Å². The van der Waals surface area contributed by atoms with Crippen LogP contribution in [0.4, 0.5) is 17.6 Å². The first-order valence-corrected chi connectivity index (χ1v) is 7.80. The number of carbonyl (C=O) groups is 1. The first kappa shape index (κ1) is 18.1. The molecule has 0 aromatic heterocycles. The number of nitrogens with one attached hydrogen (secondary N) is 1. The van der Waals surface area contributed by atoms with Gasteiger partial charge >= 0.3 is 6.36 Å². The minimum atomic E-state index is -4.73. The van der Waals surface area contributed by atoms with Gasteiger partial charge in [0, 0.05) is 11.4 Å². The Morgan fingerprint density at radius 2 is 1.67 bits per heavy atom. The Morgan fingerprint density at radius 1 is 1.04 bits per heavy atom. The Bertz CT molecular complexity index is 672. The number of hydrogen-bond acceptors (Lipinski definition) is 3. The van der Waals surface area contributed by atoms with Crippen LogP contribution in [0.2, 0.25) is 0 Å². The largest absolute Gasteiger partial charge is 0.573 e. The molecule has 8 heteroatoms. The number of benzene rings is 2. The maximum absolute atomic E-state index is 12.8. The van der Waals surface area contributed by atoms with E-state index in [-0.39, 0.29) is 29.8 Å². The molecule has 2 aromatic rings. The molecule has 2 aromatic carbocycles. The van der Waals surface area contributed by atoms with Gasteiger partial charge in [-0.2, -0.15) is 0 Å². The topological polar surface area (TPSA) is 38.3 Å². The SMILES string of the molecule is O=C(CSc1ccc(F)cc1)NCc1ccc(OC(F)(F)F)cc1. The van der Waals surface area contributed by atoms with E-state index in [1.165, 1.54) is 48.2 Å². The van der Waals surface area contributed by atoms with E-state index >= 15 is 0 Å². The van der Waals surface area contributed by atoms with Crippen LogP contribution in [0, 0.1) is 5.82 Å². The van der Waals surface area contributed by atoms with Crippen molar-refractivity contribution in [3.05, 3.63) is 59.9 Å². The van der Waals surface area contributed by atoms with Gasteiger partial charge in [-0.3, -0.25) is 4.79 Å². The molecule has 128 valence electrons. The molecule has 1 N–H and O–H groups in total. The zero-order valence-corrected chi connectivity index (χ0v) is 13.1. The maximum Gasteiger partial charge on any atom is 0.573 e. The number of rotatable bonds is 6. The van der Waals surface area contributed by atoms with E-state index in [2.05, 4.69) is 10.1 Å². The molecular formula is C16H13F4NO2S. The molecule has 0 spiro atoms. The van der Waals surface area contributed by atoms with Crippen molar-refractivity contribution < 1.29 is 27.1 Å². The van der Waals surface area contributed by atoms with Gasteiger partial charge in [-0.1, -0.05) is 12.1 Å². The van der Waals surface area contributed by atoms with Crippen molar-refractivity contribution >= 4 is 17.7 Å². The van der Waals surface area contributed by atoms with Gasteiger partial charge in [0.1, 0.15) is 11.6 Å². The van der Waals surface area contributed by atoms with E-state index in [9.17, 15) is 22.4 Å². The first-order chi connectivity index (χ1) is 11.3. The maximum atomic E-state index is 12.8. The Labute approximate surface area is 140 Å². The van der Waals surface area contributed by atoms with E-state index in [0.717, 1.165) is 4.90 Å². The van der Waals surface area contributed by atoms with E-state index in [4.69, 9.17) is 0 Å². The number of hydrogen-bond donors (Lipinski definition) is 1. The van der Waals surface area contributed by atoms with Crippen LogP contribution in [0.15, 0.2) is 53.4 Å². The summed E-state index contributed by atoms with van der Waals surface area (Å²) in [6.07, 6.45) is -4.73. The van der Waals surface area contributed by atoms with Gasteiger partial charge in [-0.15, -0.1) is 24.9 Å². The Hall–Kier alpha value is -2.22. The quantitative estimate of drug-likeness (QED) is 0.623. The second-order valence-electron chi connectivity index (χ2n) is 4.71. The molecular weight excluding hydrogens is 346 g/mol. The summed E-state index contributed by atoms with van der Waals surface area (Å²) in [6, 6.07) is 11.0. The summed E-state index contributed by atoms with van der Waals surface area (Å²) in [7, 11) is 0. The number of thioether (sulfide) groups is 1. The highest BCUT2D eigenvalue weighted by molar-refractivity contribution is 8.00. The lowest BCUT2D eigenvalue weighted by Crippen LogP contribution is -2.24. The Balaban J connectivity index is 1.76. The molecule has 0 heterocycles. The number of carbonyl (C=O) groups excluding carboxylic acids is 1. The highest BCUT2D eigenvalue weighted by Gasteiger charge is 2.30. The van der Waals surface area contributed by atoms with Crippen LogP contribution < -0.4 is 10.1 Å². The van der Waals surface area contributed by atoms with Gasteiger partial charge in [0.2, 0.25) is 5.91 Å². The fraction of sp³-hybridized carbons (Fsp3) is 0.188. The van der Waals surface area contributed by atoms with Crippen LogP contribution in [0.25, 0.3) is 0 Å². The van der Waals surface area contributed by atoms with Crippen LogP contribution in [0.5, 0.6) is 5.75 Å². The second-order valence-corrected chi connectivity index (χ2v) is 5.76. The van der Waals surface area contributed by atoms with Gasteiger partial charge in [0.15, 0.2) is 0 Å². The first-order valence-electron chi connectivity index (χ1n) is 6.81. The summed E-state index contributed by atoms with van der Waals surface area (Å²) in [5.41, 5.74) is 0.643. The third-order valence-corrected chi connectivity index (χ3v) is 3.84. The average Bonchev–Trinajstić information content (AvgIpc) is 2.52. The summed E-state index contributed by atoms with van der Waals surface area (Å²) in [6.45, 7) is 0.190. The molecule has 0 fully saturated rings. The molecule has 0 unspecified atom stereocenters. The van der Waals surface area contributed by atoms with Crippen molar-refractivity contribution in [3.63, 3.8) is 0 Å². The molecule has 0 saturated heterocycles. The van der Waals surface area contributed by atoms with Gasteiger partial charge in [-0.05, 0) is 42.0 Å². The molecule has 0 aliphatic heterocycles. The molecule has 0 bridgehead atoms. The lowest BCUT2D eigenvalue weighted by atomic mass is 10.2. The summed E-state index contributed by atoms with van der Waals surface area (Å²) in [4.78, 5) is 12.5. The number of amides is 1. The average molecular weight is 359 g/mol. The molecule has 1 amide bonds. The normalized spacial score (nSPS) is 11.2. The molecule has 0 aliphatic rings. The molecule has 0 saturated carbocycles. The number of ether oxygens (including phenoxy) is 1. The molecule has 24 heavy (non-hydrogen) atoms. The third kappa shape index (κ3) is 6.49. The number of alkyl halides is 3. The van der Waals surface area contributed by atoms with Crippen LogP contribution in [0.1, 0.15) is 5.56 Å². The molecule has 0 atom stereocenters. The highest BCUT2D eigenvalue weighted by atomic mass is 32.2. The smallest absolute Gasteiger partial charge is 0.406 e. The zero-order valence-electron chi connectivity index (χ0n) is 12.3. The third-order valence-electron chi connectivity index (χ3n) is 2.83. The van der Waals surface area contributed by atoms with E-state index in [1.54, 1.807) is 12.1 Å².